The summed E-state index contributed by atoms with van der Waals surface area (Å²) < 4.78 is 25.3. The van der Waals surface area contributed by atoms with Gasteiger partial charge in [-0.1, -0.05) is 147 Å². The van der Waals surface area contributed by atoms with E-state index >= 15 is 0 Å². The van der Waals surface area contributed by atoms with Gasteiger partial charge in [-0.05, 0) is 90.6 Å². The van der Waals surface area contributed by atoms with Crippen LogP contribution in [-0.2, 0) is 9.59 Å². The van der Waals surface area contributed by atoms with Gasteiger partial charge in [-0.15, -0.1) is 0 Å². The molecule has 8 aromatic carbocycles. The van der Waals surface area contributed by atoms with Crippen molar-refractivity contribution in [1.82, 2.24) is 9.80 Å². The van der Waals surface area contributed by atoms with Gasteiger partial charge >= 0.3 is 0 Å². The van der Waals surface area contributed by atoms with Crippen LogP contribution < -0.4 is 18.9 Å². The van der Waals surface area contributed by atoms with Crippen LogP contribution in [0, 0.1) is 0 Å². The third kappa shape index (κ3) is 6.74. The van der Waals surface area contributed by atoms with Gasteiger partial charge in [-0.25, -0.2) is 0 Å². The molecule has 8 nitrogen and oxygen atoms in total. The van der Waals surface area contributed by atoms with Crippen LogP contribution in [0.3, 0.4) is 0 Å². The van der Waals surface area contributed by atoms with Gasteiger partial charge in [0.1, 0.15) is 25.3 Å². The van der Waals surface area contributed by atoms with Crippen molar-refractivity contribution >= 4 is 54.9 Å². The Labute approximate surface area is 359 Å². The fourth-order valence-electron chi connectivity index (χ4n) is 9.23. The maximum absolute atomic E-state index is 14.7. The van der Waals surface area contributed by atoms with Crippen molar-refractivity contribution in [2.75, 3.05) is 26.3 Å². The van der Waals surface area contributed by atoms with E-state index in [1.54, 1.807) is 12.2 Å². The summed E-state index contributed by atoms with van der Waals surface area (Å²) in [7, 11) is 0. The molecule has 0 radical (unpaired) electrons. The molecular formula is C54H44N2O6. The molecule has 4 atom stereocenters. The Morgan fingerprint density at radius 2 is 0.742 bits per heavy atom. The van der Waals surface area contributed by atoms with Crippen LogP contribution in [0.1, 0.15) is 23.2 Å². The number of benzene rings is 8. The maximum Gasteiger partial charge on any atom is 0.266 e. The standard InChI is InChI=1S/C54H44N2O6/c1-3-31-59-43-25-13-15-27-45(43)61-51-49(47-39-21-9-5-17-35(39)33-36-18-6-10-22-40(36)47)55(53(51)57)29-30-56-50(52(54(56)58)62-46-28-16-14-26-44(46)60-32-4-2)48-41-23-11-7-19-37(41)34-38-20-8-12-24-42(38)48/h3-28,33-34,49-52H,1-2,29-32H2/t49-,50-,51+,52+/m1/s1. The number of rotatable bonds is 15. The smallest absolute Gasteiger partial charge is 0.266 e. The lowest BCUT2D eigenvalue weighted by atomic mass is 9.83. The molecule has 0 aliphatic carbocycles. The highest BCUT2D eigenvalue weighted by Crippen LogP contribution is 2.48. The van der Waals surface area contributed by atoms with Crippen molar-refractivity contribution < 1.29 is 28.5 Å². The first-order valence-electron chi connectivity index (χ1n) is 20.9. The molecular weight excluding hydrogens is 773 g/mol. The second-order valence-electron chi connectivity index (χ2n) is 15.6. The van der Waals surface area contributed by atoms with Crippen LogP contribution in [-0.4, -0.2) is 60.1 Å². The van der Waals surface area contributed by atoms with Gasteiger partial charge in [0.25, 0.3) is 11.8 Å². The van der Waals surface area contributed by atoms with Crippen molar-refractivity contribution in [2.45, 2.75) is 24.3 Å². The fourth-order valence-corrected chi connectivity index (χ4v) is 9.23. The van der Waals surface area contributed by atoms with E-state index in [0.717, 1.165) is 54.2 Å². The van der Waals surface area contributed by atoms with E-state index in [4.69, 9.17) is 18.9 Å². The van der Waals surface area contributed by atoms with Gasteiger partial charge in [-0.2, -0.15) is 0 Å². The van der Waals surface area contributed by atoms with Crippen molar-refractivity contribution in [2.24, 2.45) is 0 Å². The molecule has 2 saturated heterocycles. The summed E-state index contributed by atoms with van der Waals surface area (Å²) in [6, 6.07) is 51.2. The third-order valence-corrected chi connectivity index (χ3v) is 12.0. The van der Waals surface area contributed by atoms with E-state index < -0.39 is 24.3 Å². The number of carbonyl (C=O) groups is 2. The summed E-state index contributed by atoms with van der Waals surface area (Å²) in [4.78, 5) is 33.1. The second kappa shape index (κ2) is 16.5. The third-order valence-electron chi connectivity index (χ3n) is 12.0. The molecule has 62 heavy (non-hydrogen) atoms. The first-order chi connectivity index (χ1) is 30.5. The maximum atomic E-state index is 14.7. The lowest BCUT2D eigenvalue weighted by Crippen LogP contribution is -2.66. The Morgan fingerprint density at radius 3 is 1.08 bits per heavy atom. The number of ether oxygens (including phenoxy) is 4. The van der Waals surface area contributed by atoms with E-state index in [1.807, 2.05) is 107 Å². The average Bonchev–Trinajstić information content (AvgIpc) is 3.31. The summed E-state index contributed by atoms with van der Waals surface area (Å²) in [6.45, 7) is 8.69. The minimum atomic E-state index is -0.856. The van der Waals surface area contributed by atoms with Crippen molar-refractivity contribution in [3.05, 3.63) is 194 Å². The Kier molecular flexibility index (Phi) is 10.3. The second-order valence-corrected chi connectivity index (χ2v) is 15.6. The van der Waals surface area contributed by atoms with Crippen LogP contribution in [0.2, 0.25) is 0 Å². The Hall–Kier alpha value is -7.58. The molecule has 2 heterocycles. The van der Waals surface area contributed by atoms with E-state index in [9.17, 15) is 9.59 Å². The van der Waals surface area contributed by atoms with Gasteiger partial charge in [0.2, 0.25) is 12.2 Å². The van der Waals surface area contributed by atoms with Crippen LogP contribution in [0.15, 0.2) is 183 Å². The van der Waals surface area contributed by atoms with Crippen molar-refractivity contribution in [3.63, 3.8) is 0 Å². The van der Waals surface area contributed by atoms with Crippen molar-refractivity contribution in [3.8, 4) is 23.0 Å². The minimum absolute atomic E-state index is 0.174. The molecule has 306 valence electrons. The predicted octanol–water partition coefficient (Wildman–Crippen LogP) is 10.8. The highest BCUT2D eigenvalue weighted by molar-refractivity contribution is 6.06. The lowest BCUT2D eigenvalue weighted by Gasteiger charge is -2.51. The number of β-lactam (4-membered cyclic amide) rings is 2. The number of amides is 2. The quantitative estimate of drug-likeness (QED) is 0.0583. The highest BCUT2D eigenvalue weighted by Gasteiger charge is 2.55. The first-order valence-corrected chi connectivity index (χ1v) is 20.9. The van der Waals surface area contributed by atoms with Crippen LogP contribution >= 0.6 is 0 Å². The molecule has 2 fully saturated rings. The number of hydrogen-bond acceptors (Lipinski definition) is 6. The SMILES string of the molecule is C=CCOc1ccccc1O[C@@H]1C(=O)N(CCN2C(=O)[C@@H](Oc3ccccc3OCC=C)[C@H]2c2c3ccccc3cc3ccccc23)[C@@H]1c1c2ccccc2cc2ccccc12. The molecule has 0 N–H and O–H groups in total. The Balaban J connectivity index is 1.05. The zero-order chi connectivity index (χ0) is 42.2. The van der Waals surface area contributed by atoms with Crippen LogP contribution in [0.5, 0.6) is 23.0 Å². The number of nitrogens with zero attached hydrogens (tertiary/aromatic N) is 2. The molecule has 0 saturated carbocycles. The largest absolute Gasteiger partial charge is 0.486 e. The molecule has 0 unspecified atom stereocenters. The summed E-state index contributed by atoms with van der Waals surface area (Å²) in [5.74, 6) is 1.65. The Bertz CT molecular complexity index is 2720. The molecule has 8 aromatic rings. The number of likely N-dealkylation sites (tertiary alicyclic amines) is 2. The van der Waals surface area contributed by atoms with Gasteiger partial charge in [0, 0.05) is 13.1 Å². The lowest BCUT2D eigenvalue weighted by molar-refractivity contribution is -0.172. The molecule has 2 aliphatic heterocycles. The van der Waals surface area contributed by atoms with E-state index in [0.29, 0.717) is 23.0 Å². The average molecular weight is 817 g/mol. The zero-order valence-corrected chi connectivity index (χ0v) is 34.1. The van der Waals surface area contributed by atoms with E-state index in [-0.39, 0.29) is 38.1 Å². The normalized spacial score (nSPS) is 18.4. The molecule has 0 bridgehead atoms. The molecule has 2 amide bonds. The minimum Gasteiger partial charge on any atom is -0.486 e. The fraction of sp³-hybridized carbons (Fsp3) is 0.148. The summed E-state index contributed by atoms with van der Waals surface area (Å²) in [5, 5.41) is 8.38. The number of carbonyl (C=O) groups excluding carboxylic acids is 2. The van der Waals surface area contributed by atoms with Gasteiger partial charge in [0.05, 0.1) is 0 Å². The molecule has 8 heteroatoms. The van der Waals surface area contributed by atoms with Crippen molar-refractivity contribution in [1.29, 1.82) is 0 Å². The number of hydrogen-bond donors (Lipinski definition) is 0. The molecule has 0 aromatic heterocycles. The first kappa shape index (κ1) is 38.6. The summed E-state index contributed by atoms with van der Waals surface area (Å²) >= 11 is 0. The highest BCUT2D eigenvalue weighted by atomic mass is 16.5. The van der Waals surface area contributed by atoms with Crippen LogP contribution in [0.4, 0.5) is 0 Å². The zero-order valence-electron chi connectivity index (χ0n) is 34.1. The summed E-state index contributed by atoms with van der Waals surface area (Å²) in [6.07, 6.45) is 1.64. The monoisotopic (exact) mass is 816 g/mol. The predicted molar refractivity (Wildman–Crippen MR) is 245 cm³/mol. The van der Waals surface area contributed by atoms with E-state index in [1.165, 1.54) is 0 Å². The van der Waals surface area contributed by atoms with Gasteiger partial charge in [-0.3, -0.25) is 9.59 Å². The molecule has 10 rings (SSSR count). The van der Waals surface area contributed by atoms with Gasteiger partial charge in [0.15, 0.2) is 23.0 Å². The van der Waals surface area contributed by atoms with Gasteiger partial charge < -0.3 is 28.7 Å². The number of fused-ring (bicyclic) bond motifs is 4. The summed E-state index contributed by atoms with van der Waals surface area (Å²) in [5.41, 5.74) is 1.99. The topological polar surface area (TPSA) is 77.5 Å². The Morgan fingerprint density at radius 1 is 0.435 bits per heavy atom. The molecule has 2 aliphatic rings. The molecule has 0 spiro atoms. The van der Waals surface area contributed by atoms with Crippen LogP contribution in [0.25, 0.3) is 43.1 Å². The number of para-hydroxylation sites is 4. The van der Waals surface area contributed by atoms with E-state index in [2.05, 4.69) is 73.8 Å².